The maximum Gasteiger partial charge on any atom is 0.228 e. The molecule has 0 atom stereocenters. The molecule has 0 aromatic carbocycles. The Balaban J connectivity index is 1.67. The normalized spacial score (nSPS) is 18.4. The molecule has 1 saturated carbocycles. The molecule has 0 spiro atoms. The molecule has 1 aliphatic heterocycles. The number of aromatic nitrogens is 6. The van der Waals surface area contributed by atoms with Gasteiger partial charge >= 0.3 is 0 Å². The quantitative estimate of drug-likeness (QED) is 0.748. The molecule has 1 saturated heterocycles. The van der Waals surface area contributed by atoms with Crippen LogP contribution in [0.1, 0.15) is 31.7 Å². The molecule has 9 nitrogen and oxygen atoms in total. The highest BCUT2D eigenvalue weighted by Crippen LogP contribution is 2.34. The van der Waals surface area contributed by atoms with Crippen LogP contribution >= 0.6 is 0 Å². The van der Waals surface area contributed by atoms with Crippen LogP contribution in [0.4, 0.5) is 11.9 Å². The van der Waals surface area contributed by atoms with Crippen LogP contribution in [-0.2, 0) is 4.74 Å². The Morgan fingerprint density at radius 1 is 1.00 bits per heavy atom. The second kappa shape index (κ2) is 6.73. The number of nitrogen functional groups attached to an aromatic ring is 1. The van der Waals surface area contributed by atoms with Crippen LogP contribution in [0.25, 0.3) is 22.4 Å². The maximum atomic E-state index is 5.65. The van der Waals surface area contributed by atoms with Gasteiger partial charge in [-0.25, -0.2) is 19.9 Å². The highest BCUT2D eigenvalue weighted by Gasteiger charge is 2.24. The van der Waals surface area contributed by atoms with Gasteiger partial charge in [0.15, 0.2) is 5.65 Å². The molecule has 140 valence electrons. The maximum absolute atomic E-state index is 5.65. The van der Waals surface area contributed by atoms with E-state index in [-0.39, 0.29) is 5.95 Å². The summed E-state index contributed by atoms with van der Waals surface area (Å²) in [6.45, 7) is 2.93. The highest BCUT2D eigenvalue weighted by atomic mass is 16.5. The Morgan fingerprint density at radius 3 is 2.48 bits per heavy atom. The van der Waals surface area contributed by atoms with Gasteiger partial charge in [-0.1, -0.05) is 12.8 Å². The van der Waals surface area contributed by atoms with Crippen LogP contribution < -0.4 is 10.6 Å². The van der Waals surface area contributed by atoms with Crippen molar-refractivity contribution >= 4 is 23.1 Å². The van der Waals surface area contributed by atoms with Crippen molar-refractivity contribution in [2.75, 3.05) is 36.9 Å². The van der Waals surface area contributed by atoms with Crippen LogP contribution in [0.15, 0.2) is 18.7 Å². The SMILES string of the molecule is Nc1ncc(-c2nc(N3CCOCC3)nc3c2ncn3C2CCCC2)cn1. The number of anilines is 2. The van der Waals surface area contributed by atoms with Gasteiger partial charge in [0.05, 0.1) is 19.5 Å². The Morgan fingerprint density at radius 2 is 1.74 bits per heavy atom. The smallest absolute Gasteiger partial charge is 0.228 e. The van der Waals surface area contributed by atoms with Gasteiger partial charge in [-0.2, -0.15) is 4.98 Å². The molecule has 1 aliphatic carbocycles. The Labute approximate surface area is 156 Å². The summed E-state index contributed by atoms with van der Waals surface area (Å²) in [7, 11) is 0. The summed E-state index contributed by atoms with van der Waals surface area (Å²) in [6, 6.07) is 0.456. The van der Waals surface area contributed by atoms with Gasteiger partial charge in [0.25, 0.3) is 0 Å². The van der Waals surface area contributed by atoms with Crippen molar-refractivity contribution in [3.8, 4) is 11.3 Å². The molecule has 0 bridgehead atoms. The first kappa shape index (κ1) is 16.4. The Hall–Kier alpha value is -2.81. The van der Waals surface area contributed by atoms with Crippen LogP contribution in [-0.4, -0.2) is 55.8 Å². The van der Waals surface area contributed by atoms with Crippen LogP contribution in [0.2, 0.25) is 0 Å². The van der Waals surface area contributed by atoms with Crippen molar-refractivity contribution in [1.29, 1.82) is 0 Å². The van der Waals surface area contributed by atoms with E-state index in [1.165, 1.54) is 25.7 Å². The summed E-state index contributed by atoms with van der Waals surface area (Å²) >= 11 is 0. The zero-order valence-electron chi connectivity index (χ0n) is 15.1. The first-order valence-electron chi connectivity index (χ1n) is 9.45. The van der Waals surface area contributed by atoms with Gasteiger partial charge in [-0.05, 0) is 12.8 Å². The standard InChI is InChI=1S/C18H22N8O/c19-17-20-9-12(10-21-17)14-15-16(26(11-22-15)13-3-1-2-4-13)24-18(23-14)25-5-7-27-8-6-25/h9-11,13H,1-8H2,(H2,19,20,21). The van der Waals surface area contributed by atoms with E-state index in [4.69, 9.17) is 20.4 Å². The molecular weight excluding hydrogens is 344 g/mol. The van der Waals surface area contributed by atoms with E-state index < -0.39 is 0 Å². The van der Waals surface area contributed by atoms with Gasteiger partial charge in [-0.15, -0.1) is 0 Å². The predicted octanol–water partition coefficient (Wildman–Crippen LogP) is 1.82. The van der Waals surface area contributed by atoms with Crippen LogP contribution in [0, 0.1) is 0 Å². The minimum absolute atomic E-state index is 0.244. The summed E-state index contributed by atoms with van der Waals surface area (Å²) in [5.41, 5.74) is 8.86. The third-order valence-electron chi connectivity index (χ3n) is 5.37. The third kappa shape index (κ3) is 2.97. The second-order valence-electron chi connectivity index (χ2n) is 7.06. The summed E-state index contributed by atoms with van der Waals surface area (Å²) in [5, 5.41) is 0. The van der Waals surface area contributed by atoms with Crippen molar-refractivity contribution in [3.05, 3.63) is 18.7 Å². The monoisotopic (exact) mass is 366 g/mol. The van der Waals surface area contributed by atoms with Gasteiger partial charge < -0.3 is 19.9 Å². The predicted molar refractivity (Wildman–Crippen MR) is 101 cm³/mol. The lowest BCUT2D eigenvalue weighted by Gasteiger charge is -2.27. The minimum atomic E-state index is 0.244. The summed E-state index contributed by atoms with van der Waals surface area (Å²) in [4.78, 5) is 24.8. The summed E-state index contributed by atoms with van der Waals surface area (Å²) < 4.78 is 7.70. The van der Waals surface area contributed by atoms with E-state index in [2.05, 4.69) is 24.4 Å². The molecule has 9 heteroatoms. The van der Waals surface area contributed by atoms with Crippen molar-refractivity contribution in [3.63, 3.8) is 0 Å². The lowest BCUT2D eigenvalue weighted by atomic mass is 10.2. The zero-order valence-corrected chi connectivity index (χ0v) is 15.1. The number of ether oxygens (including phenoxy) is 1. The number of fused-ring (bicyclic) bond motifs is 1. The average molecular weight is 366 g/mol. The van der Waals surface area contributed by atoms with Crippen LogP contribution in [0.3, 0.4) is 0 Å². The molecular formula is C18H22N8O. The number of morpholine rings is 1. The molecule has 0 radical (unpaired) electrons. The third-order valence-corrected chi connectivity index (χ3v) is 5.37. The molecule has 4 heterocycles. The van der Waals surface area contributed by atoms with E-state index in [1.54, 1.807) is 12.4 Å². The molecule has 0 unspecified atom stereocenters. The molecule has 27 heavy (non-hydrogen) atoms. The number of rotatable bonds is 3. The topological polar surface area (TPSA) is 108 Å². The molecule has 2 aliphatic rings. The van der Waals surface area contributed by atoms with E-state index in [0.717, 1.165) is 35.5 Å². The first-order valence-corrected chi connectivity index (χ1v) is 9.45. The van der Waals surface area contributed by atoms with Gasteiger partial charge in [0, 0.05) is 37.1 Å². The van der Waals surface area contributed by atoms with Crippen molar-refractivity contribution < 1.29 is 4.74 Å². The Kier molecular flexibility index (Phi) is 4.08. The minimum Gasteiger partial charge on any atom is -0.378 e. The summed E-state index contributed by atoms with van der Waals surface area (Å²) in [6.07, 6.45) is 10.1. The Bertz CT molecular complexity index is 942. The molecule has 2 N–H and O–H groups in total. The fourth-order valence-electron chi connectivity index (χ4n) is 3.92. The zero-order chi connectivity index (χ0) is 18.2. The molecule has 0 amide bonds. The fraction of sp³-hybridized carbons (Fsp3) is 0.500. The first-order chi connectivity index (χ1) is 13.3. The van der Waals surface area contributed by atoms with Gasteiger partial charge in [-0.3, -0.25) is 0 Å². The second-order valence-corrected chi connectivity index (χ2v) is 7.06. The van der Waals surface area contributed by atoms with E-state index in [0.29, 0.717) is 25.2 Å². The van der Waals surface area contributed by atoms with Gasteiger partial charge in [0.1, 0.15) is 11.2 Å². The molecule has 3 aromatic heterocycles. The summed E-state index contributed by atoms with van der Waals surface area (Å²) in [5.74, 6) is 0.950. The number of hydrogen-bond donors (Lipinski definition) is 1. The highest BCUT2D eigenvalue weighted by molar-refractivity contribution is 5.88. The number of nitrogens with zero attached hydrogens (tertiary/aromatic N) is 7. The van der Waals surface area contributed by atoms with Crippen LogP contribution in [0.5, 0.6) is 0 Å². The van der Waals surface area contributed by atoms with Crippen molar-refractivity contribution in [2.45, 2.75) is 31.7 Å². The van der Waals surface area contributed by atoms with Gasteiger partial charge in [0.2, 0.25) is 11.9 Å². The molecule has 2 fully saturated rings. The largest absolute Gasteiger partial charge is 0.378 e. The number of hydrogen-bond acceptors (Lipinski definition) is 8. The van der Waals surface area contributed by atoms with E-state index in [9.17, 15) is 0 Å². The number of nitrogens with two attached hydrogens (primary N) is 1. The van der Waals surface area contributed by atoms with E-state index in [1.807, 2.05) is 6.33 Å². The average Bonchev–Trinajstić information content (AvgIpc) is 3.38. The molecule has 3 aromatic rings. The molecule has 5 rings (SSSR count). The lowest BCUT2D eigenvalue weighted by Crippen LogP contribution is -2.37. The lowest BCUT2D eigenvalue weighted by molar-refractivity contribution is 0.122. The van der Waals surface area contributed by atoms with Crippen molar-refractivity contribution in [1.82, 2.24) is 29.5 Å². The van der Waals surface area contributed by atoms with E-state index >= 15 is 0 Å². The van der Waals surface area contributed by atoms with Crippen molar-refractivity contribution in [2.24, 2.45) is 0 Å². The number of imidazole rings is 1. The fourth-order valence-corrected chi connectivity index (χ4v) is 3.92.